The van der Waals surface area contributed by atoms with Crippen molar-refractivity contribution in [1.82, 2.24) is 16.0 Å². The number of fused-ring (bicyclic) bond motifs is 4. The summed E-state index contributed by atoms with van der Waals surface area (Å²) in [6.45, 7) is 1.04. The molecule has 1 aliphatic rings. The van der Waals surface area contributed by atoms with Gasteiger partial charge in [-0.2, -0.15) is 0 Å². The predicted molar refractivity (Wildman–Crippen MR) is 222 cm³/mol. The van der Waals surface area contributed by atoms with Gasteiger partial charge in [-0.3, -0.25) is 4.79 Å². The largest absolute Gasteiger partial charge is 0.467 e. The molecule has 290 valence electrons. The minimum atomic E-state index is -0.877. The van der Waals surface area contributed by atoms with E-state index in [0.717, 1.165) is 38.8 Å². The first kappa shape index (κ1) is 38.8. The van der Waals surface area contributed by atoms with Crippen LogP contribution >= 0.6 is 0 Å². The Morgan fingerprint density at radius 1 is 0.649 bits per heavy atom. The third-order valence-electron chi connectivity index (χ3n) is 10.4. The zero-order valence-electron chi connectivity index (χ0n) is 32.0. The van der Waals surface area contributed by atoms with Gasteiger partial charge >= 0.3 is 12.1 Å². The van der Waals surface area contributed by atoms with Crippen LogP contribution in [0.4, 0.5) is 4.79 Å². The van der Waals surface area contributed by atoms with Crippen LogP contribution in [0.25, 0.3) is 21.9 Å². The highest BCUT2D eigenvalue weighted by Gasteiger charge is 2.29. The SMILES string of the molecule is COC(=O)[C@H](Cc1ccc2ccccc2c1)NC(=O)C(CCCCNC(=O)OCC1c2ccccc2-c2ccccc21)NCc1ccc(Oc2ccccc2)cc1. The first-order chi connectivity index (χ1) is 27.9. The highest BCUT2D eigenvalue weighted by Crippen LogP contribution is 2.44. The lowest BCUT2D eigenvalue weighted by molar-refractivity contribution is -0.145. The van der Waals surface area contributed by atoms with E-state index in [1.165, 1.54) is 18.2 Å². The molecule has 0 saturated heterocycles. The van der Waals surface area contributed by atoms with Crippen molar-refractivity contribution < 1.29 is 28.6 Å². The van der Waals surface area contributed by atoms with Gasteiger partial charge in [0.25, 0.3) is 0 Å². The standard InChI is InChI=1S/C48H47N3O6/c1-55-47(53)45(30-34-22-25-35-13-5-6-14-36(35)29-34)51-46(52)44(50-31-33-23-26-38(27-24-33)57-37-15-3-2-4-16-37)21-11-12-28-49-48(54)56-32-43-41-19-9-7-17-39(41)40-18-8-10-20-42(40)43/h2-10,13-20,22-27,29,43-45,50H,11-12,21,28,30-32H2,1H3,(H,49,54)(H,51,52)/t44?,45-/m0/s1. The van der Waals surface area contributed by atoms with Gasteiger partial charge in [-0.05, 0) is 87.7 Å². The molecule has 1 unspecified atom stereocenters. The van der Waals surface area contributed by atoms with Crippen molar-refractivity contribution in [3.05, 3.63) is 168 Å². The Morgan fingerprint density at radius 2 is 1.28 bits per heavy atom. The van der Waals surface area contributed by atoms with Crippen LogP contribution in [0.1, 0.15) is 47.4 Å². The van der Waals surface area contributed by atoms with E-state index in [4.69, 9.17) is 14.2 Å². The number of amides is 2. The first-order valence-electron chi connectivity index (χ1n) is 19.4. The van der Waals surface area contributed by atoms with Crippen LogP contribution in [0, 0.1) is 0 Å². The molecule has 0 heterocycles. The van der Waals surface area contributed by atoms with Crippen LogP contribution in [0.5, 0.6) is 11.5 Å². The Labute approximate surface area is 333 Å². The minimum absolute atomic E-state index is 0.0175. The van der Waals surface area contributed by atoms with E-state index < -0.39 is 24.1 Å². The molecule has 0 saturated carbocycles. The van der Waals surface area contributed by atoms with E-state index in [9.17, 15) is 14.4 Å². The molecule has 57 heavy (non-hydrogen) atoms. The Balaban J connectivity index is 0.948. The number of hydrogen-bond donors (Lipinski definition) is 3. The molecule has 0 spiro atoms. The summed E-state index contributed by atoms with van der Waals surface area (Å²) in [6.07, 6.45) is 1.53. The minimum Gasteiger partial charge on any atom is -0.467 e. The van der Waals surface area contributed by atoms with Crippen molar-refractivity contribution in [1.29, 1.82) is 0 Å². The first-order valence-corrected chi connectivity index (χ1v) is 19.4. The van der Waals surface area contributed by atoms with Crippen LogP contribution in [-0.4, -0.2) is 50.3 Å². The molecule has 6 aromatic rings. The van der Waals surface area contributed by atoms with Crippen LogP contribution in [0.2, 0.25) is 0 Å². The van der Waals surface area contributed by atoms with Crippen molar-refractivity contribution in [3.63, 3.8) is 0 Å². The van der Waals surface area contributed by atoms with Crippen LogP contribution in [-0.2, 0) is 32.0 Å². The lowest BCUT2D eigenvalue weighted by Gasteiger charge is -2.23. The highest BCUT2D eigenvalue weighted by atomic mass is 16.5. The van der Waals surface area contributed by atoms with E-state index in [2.05, 4.69) is 40.2 Å². The Hall–Kier alpha value is -6.45. The molecule has 9 heteroatoms. The third kappa shape index (κ3) is 10.1. The van der Waals surface area contributed by atoms with Gasteiger partial charge in [-0.1, -0.05) is 121 Å². The van der Waals surface area contributed by atoms with Crippen molar-refractivity contribution in [3.8, 4) is 22.6 Å². The van der Waals surface area contributed by atoms with Crippen molar-refractivity contribution >= 4 is 28.7 Å². The molecule has 0 aromatic heterocycles. The number of carbonyl (C=O) groups is 3. The molecule has 7 rings (SSSR count). The zero-order chi connectivity index (χ0) is 39.4. The third-order valence-corrected chi connectivity index (χ3v) is 10.4. The van der Waals surface area contributed by atoms with Crippen LogP contribution in [0.3, 0.4) is 0 Å². The van der Waals surface area contributed by atoms with Gasteiger partial charge in [-0.15, -0.1) is 0 Å². The lowest BCUT2D eigenvalue weighted by Crippen LogP contribution is -2.51. The topological polar surface area (TPSA) is 115 Å². The Bertz CT molecular complexity index is 2250. The molecule has 0 aliphatic heterocycles. The van der Waals surface area contributed by atoms with E-state index in [0.29, 0.717) is 38.1 Å². The van der Waals surface area contributed by atoms with E-state index in [1.807, 2.05) is 121 Å². The number of carbonyl (C=O) groups excluding carboxylic acids is 3. The highest BCUT2D eigenvalue weighted by molar-refractivity contribution is 5.88. The number of rotatable bonds is 17. The fraction of sp³-hybridized carbons (Fsp3) is 0.229. The second-order valence-corrected chi connectivity index (χ2v) is 14.2. The lowest BCUT2D eigenvalue weighted by atomic mass is 9.98. The maximum absolute atomic E-state index is 13.9. The molecular formula is C48H47N3O6. The quantitative estimate of drug-likeness (QED) is 0.0630. The monoisotopic (exact) mass is 761 g/mol. The number of esters is 1. The van der Waals surface area contributed by atoms with Gasteiger partial charge in [0.2, 0.25) is 5.91 Å². The molecule has 0 fully saturated rings. The van der Waals surface area contributed by atoms with Gasteiger partial charge in [-0.25, -0.2) is 9.59 Å². The van der Waals surface area contributed by atoms with Gasteiger partial charge in [0.15, 0.2) is 0 Å². The molecule has 0 bridgehead atoms. The fourth-order valence-electron chi connectivity index (χ4n) is 7.39. The molecule has 2 amide bonds. The molecule has 1 aliphatic carbocycles. The van der Waals surface area contributed by atoms with Gasteiger partial charge < -0.3 is 30.2 Å². The summed E-state index contributed by atoms with van der Waals surface area (Å²) in [5.41, 5.74) is 6.54. The van der Waals surface area contributed by atoms with Crippen molar-refractivity contribution in [2.24, 2.45) is 0 Å². The number of nitrogens with one attached hydrogen (secondary N) is 3. The van der Waals surface area contributed by atoms with Gasteiger partial charge in [0, 0.05) is 25.4 Å². The van der Waals surface area contributed by atoms with Crippen molar-refractivity contribution in [2.75, 3.05) is 20.3 Å². The number of para-hydroxylation sites is 1. The zero-order valence-corrected chi connectivity index (χ0v) is 32.0. The summed E-state index contributed by atoms with van der Waals surface area (Å²) in [5.74, 6) is 0.613. The van der Waals surface area contributed by atoms with Crippen molar-refractivity contribution in [2.45, 2.75) is 50.2 Å². The summed E-state index contributed by atoms with van der Waals surface area (Å²) in [7, 11) is 1.33. The maximum Gasteiger partial charge on any atom is 0.407 e. The summed E-state index contributed by atoms with van der Waals surface area (Å²) >= 11 is 0. The molecular weight excluding hydrogens is 715 g/mol. The molecule has 6 aromatic carbocycles. The number of benzene rings is 6. The number of alkyl carbamates (subject to hydrolysis) is 1. The molecule has 2 atom stereocenters. The Kier molecular flexibility index (Phi) is 12.9. The van der Waals surface area contributed by atoms with Crippen LogP contribution < -0.4 is 20.7 Å². The number of hydrogen-bond acceptors (Lipinski definition) is 7. The van der Waals surface area contributed by atoms with E-state index in [1.54, 1.807) is 0 Å². The average molecular weight is 762 g/mol. The van der Waals surface area contributed by atoms with Gasteiger partial charge in [0.1, 0.15) is 24.1 Å². The average Bonchev–Trinajstić information content (AvgIpc) is 3.57. The Morgan fingerprint density at radius 3 is 2.00 bits per heavy atom. The maximum atomic E-state index is 13.9. The normalized spacial score (nSPS) is 12.9. The second kappa shape index (κ2) is 18.9. The molecule has 3 N–H and O–H groups in total. The fourth-order valence-corrected chi connectivity index (χ4v) is 7.39. The summed E-state index contributed by atoms with van der Waals surface area (Å²) in [6, 6.07) is 46.3. The second-order valence-electron chi connectivity index (χ2n) is 14.2. The number of unbranched alkanes of at least 4 members (excludes halogenated alkanes) is 1. The van der Waals surface area contributed by atoms with E-state index >= 15 is 0 Å². The van der Waals surface area contributed by atoms with E-state index in [-0.39, 0.29) is 24.9 Å². The molecule has 0 radical (unpaired) electrons. The van der Waals surface area contributed by atoms with Crippen LogP contribution in [0.15, 0.2) is 146 Å². The summed E-state index contributed by atoms with van der Waals surface area (Å²) in [4.78, 5) is 39.7. The number of methoxy groups -OCH3 is 1. The van der Waals surface area contributed by atoms with Gasteiger partial charge in [0.05, 0.1) is 13.2 Å². The molecule has 9 nitrogen and oxygen atoms in total. The predicted octanol–water partition coefficient (Wildman–Crippen LogP) is 8.70. The smallest absolute Gasteiger partial charge is 0.407 e. The number of ether oxygens (including phenoxy) is 3. The summed E-state index contributed by atoms with van der Waals surface area (Å²) < 4.78 is 16.8. The summed E-state index contributed by atoms with van der Waals surface area (Å²) in [5, 5.41) is 11.4.